The van der Waals surface area contributed by atoms with Crippen LogP contribution in [0.1, 0.15) is 5.69 Å². The van der Waals surface area contributed by atoms with Gasteiger partial charge in [0.05, 0.1) is 18.8 Å². The Morgan fingerprint density at radius 2 is 1.88 bits per heavy atom. The largest absolute Gasteiger partial charge is 0.444 e. The van der Waals surface area contributed by atoms with Crippen LogP contribution in [0.5, 0.6) is 0 Å². The first-order valence-corrected chi connectivity index (χ1v) is 7.02. The predicted octanol–water partition coefficient (Wildman–Crippen LogP) is 0.636. The van der Waals surface area contributed by atoms with Crippen molar-refractivity contribution in [2.45, 2.75) is 6.42 Å². The number of aromatic nitrogens is 1. The highest BCUT2D eigenvalue weighted by Gasteiger charge is 2.08. The highest BCUT2D eigenvalue weighted by atomic mass is 35.5. The summed E-state index contributed by atoms with van der Waals surface area (Å²) in [6.45, 7) is 0.0841. The lowest BCUT2D eigenvalue weighted by Crippen LogP contribution is -2.40. The maximum Gasteiger partial charge on any atom is 0.239 e. The first kappa shape index (κ1) is 19.6. The molecule has 0 spiro atoms. The van der Waals surface area contributed by atoms with Gasteiger partial charge in [-0.05, 0) is 24.3 Å². The van der Waals surface area contributed by atoms with E-state index < -0.39 is 0 Å². The van der Waals surface area contributed by atoms with Crippen LogP contribution in [0, 0.1) is 5.82 Å². The zero-order valence-corrected chi connectivity index (χ0v) is 13.6. The molecule has 7 nitrogen and oxygen atoms in total. The van der Waals surface area contributed by atoms with Gasteiger partial charge in [0.15, 0.2) is 0 Å². The fraction of sp³-hybridized carbons (Fsp3) is 0.267. The summed E-state index contributed by atoms with van der Waals surface area (Å²) < 4.78 is 18.2. The van der Waals surface area contributed by atoms with Crippen molar-refractivity contribution in [3.8, 4) is 11.5 Å². The third-order valence-corrected chi connectivity index (χ3v) is 2.98. The van der Waals surface area contributed by atoms with Crippen molar-refractivity contribution >= 4 is 24.2 Å². The molecule has 0 saturated heterocycles. The molecule has 1 aromatic heterocycles. The van der Waals surface area contributed by atoms with E-state index >= 15 is 0 Å². The van der Waals surface area contributed by atoms with E-state index in [2.05, 4.69) is 15.6 Å². The van der Waals surface area contributed by atoms with Crippen LogP contribution in [0.15, 0.2) is 34.9 Å². The van der Waals surface area contributed by atoms with Crippen LogP contribution in [0.3, 0.4) is 0 Å². The average molecular weight is 357 g/mol. The van der Waals surface area contributed by atoms with Gasteiger partial charge < -0.3 is 20.8 Å². The van der Waals surface area contributed by atoms with E-state index in [4.69, 9.17) is 10.2 Å². The molecule has 2 amide bonds. The van der Waals surface area contributed by atoms with Crippen molar-refractivity contribution in [3.63, 3.8) is 0 Å². The van der Waals surface area contributed by atoms with Crippen LogP contribution in [-0.2, 0) is 16.0 Å². The minimum Gasteiger partial charge on any atom is -0.444 e. The number of nitrogens with zero attached hydrogens (tertiary/aromatic N) is 1. The van der Waals surface area contributed by atoms with Gasteiger partial charge >= 0.3 is 0 Å². The molecule has 1 aromatic carbocycles. The van der Waals surface area contributed by atoms with Crippen molar-refractivity contribution in [2.75, 3.05) is 19.6 Å². The van der Waals surface area contributed by atoms with Crippen LogP contribution in [0.25, 0.3) is 11.5 Å². The molecule has 0 aliphatic heterocycles. The molecule has 2 aromatic rings. The number of rotatable bonds is 7. The summed E-state index contributed by atoms with van der Waals surface area (Å²) >= 11 is 0. The van der Waals surface area contributed by atoms with Crippen LogP contribution >= 0.6 is 12.4 Å². The number of oxazole rings is 1. The topological polar surface area (TPSA) is 110 Å². The lowest BCUT2D eigenvalue weighted by Gasteiger charge is -2.04. The Morgan fingerprint density at radius 1 is 1.17 bits per heavy atom. The van der Waals surface area contributed by atoms with Gasteiger partial charge in [0.1, 0.15) is 12.1 Å². The van der Waals surface area contributed by atoms with E-state index in [1.165, 1.54) is 18.4 Å². The van der Waals surface area contributed by atoms with Crippen LogP contribution in [0.2, 0.25) is 0 Å². The highest BCUT2D eigenvalue weighted by Crippen LogP contribution is 2.18. The number of carbonyl (C=O) groups is 2. The highest BCUT2D eigenvalue weighted by molar-refractivity contribution is 5.85. The number of nitrogens with two attached hydrogens (primary N) is 1. The number of carbonyl (C=O) groups excluding carboxylic acids is 2. The zero-order chi connectivity index (χ0) is 16.7. The molecule has 0 saturated carbocycles. The lowest BCUT2D eigenvalue weighted by atomic mass is 10.2. The number of halogens is 2. The second kappa shape index (κ2) is 9.64. The van der Waals surface area contributed by atoms with Gasteiger partial charge in [-0.1, -0.05) is 0 Å². The number of benzene rings is 1. The standard InChI is InChI=1S/C15H17FN4O3.ClH/c16-11-3-1-10(2-4-11)15-20-12(9-23-15)5-6-18-14(22)8-19-13(21)7-17;/h1-4,9H,5-8,17H2,(H,18,22)(H,19,21);1H. The first-order chi connectivity index (χ1) is 11.1. The SMILES string of the molecule is Cl.NCC(=O)NCC(=O)NCCc1coc(-c2ccc(F)cc2)n1. The zero-order valence-electron chi connectivity index (χ0n) is 12.8. The van der Waals surface area contributed by atoms with Gasteiger partial charge in [0.25, 0.3) is 0 Å². The third-order valence-electron chi connectivity index (χ3n) is 2.98. The fourth-order valence-corrected chi connectivity index (χ4v) is 1.79. The maximum atomic E-state index is 12.9. The molecule has 9 heteroatoms. The molecule has 0 radical (unpaired) electrons. The molecule has 0 aliphatic carbocycles. The normalized spacial score (nSPS) is 9.92. The molecule has 130 valence electrons. The number of amides is 2. The minimum atomic E-state index is -0.388. The van der Waals surface area contributed by atoms with Gasteiger partial charge in [-0.25, -0.2) is 9.37 Å². The number of hydrogen-bond acceptors (Lipinski definition) is 5. The van der Waals surface area contributed by atoms with Crippen LogP contribution < -0.4 is 16.4 Å². The van der Waals surface area contributed by atoms with Gasteiger partial charge in [-0.2, -0.15) is 0 Å². The summed E-state index contributed by atoms with van der Waals surface area (Å²) in [7, 11) is 0. The van der Waals surface area contributed by atoms with Gasteiger partial charge in [-0.15, -0.1) is 12.4 Å². The second-order valence-corrected chi connectivity index (χ2v) is 4.73. The molecule has 4 N–H and O–H groups in total. The molecule has 24 heavy (non-hydrogen) atoms. The Labute approximate surface area is 144 Å². The van der Waals surface area contributed by atoms with Gasteiger partial charge in [0.2, 0.25) is 17.7 Å². The van der Waals surface area contributed by atoms with E-state index in [9.17, 15) is 14.0 Å². The molecule has 0 bridgehead atoms. The molecule has 2 rings (SSSR count). The Bertz CT molecular complexity index is 676. The van der Waals surface area contributed by atoms with E-state index in [1.54, 1.807) is 12.1 Å². The summed E-state index contributed by atoms with van der Waals surface area (Å²) in [5.41, 5.74) is 6.44. The molecule has 0 fully saturated rings. The van der Waals surface area contributed by atoms with E-state index in [1.807, 2.05) is 0 Å². The third kappa shape index (κ3) is 5.98. The summed E-state index contributed by atoms with van der Waals surface area (Å²) in [5, 5.41) is 5.01. The Kier molecular flexibility index (Phi) is 7.87. The van der Waals surface area contributed by atoms with Crippen LogP contribution in [-0.4, -0.2) is 36.4 Å². The van der Waals surface area contributed by atoms with Crippen molar-refractivity contribution in [1.82, 2.24) is 15.6 Å². The predicted molar refractivity (Wildman–Crippen MR) is 87.9 cm³/mol. The molecule has 0 atom stereocenters. The second-order valence-electron chi connectivity index (χ2n) is 4.73. The number of nitrogens with one attached hydrogen (secondary N) is 2. The first-order valence-electron chi connectivity index (χ1n) is 7.02. The average Bonchev–Trinajstić information content (AvgIpc) is 3.02. The smallest absolute Gasteiger partial charge is 0.239 e. The Balaban J connectivity index is 0.00000288. The van der Waals surface area contributed by atoms with Gasteiger partial charge in [-0.3, -0.25) is 9.59 Å². The summed E-state index contributed by atoms with van der Waals surface area (Å²) in [5.74, 6) is -0.638. The van der Waals surface area contributed by atoms with Crippen molar-refractivity contribution in [1.29, 1.82) is 0 Å². The minimum absolute atomic E-state index is 0. The fourth-order valence-electron chi connectivity index (χ4n) is 1.79. The molecule has 0 aliphatic rings. The summed E-state index contributed by atoms with van der Waals surface area (Å²) in [4.78, 5) is 26.6. The van der Waals surface area contributed by atoms with Crippen molar-refractivity contribution < 1.29 is 18.4 Å². The molecule has 1 heterocycles. The summed E-state index contributed by atoms with van der Waals surface area (Å²) in [6, 6.07) is 5.81. The van der Waals surface area contributed by atoms with E-state index in [0.717, 1.165) is 0 Å². The van der Waals surface area contributed by atoms with Gasteiger partial charge in [0, 0.05) is 18.5 Å². The quantitative estimate of drug-likeness (QED) is 0.674. The monoisotopic (exact) mass is 356 g/mol. The number of hydrogen-bond donors (Lipinski definition) is 3. The van der Waals surface area contributed by atoms with E-state index in [-0.39, 0.29) is 43.1 Å². The Hall–Kier alpha value is -2.45. The Morgan fingerprint density at radius 3 is 2.54 bits per heavy atom. The van der Waals surface area contributed by atoms with Crippen molar-refractivity contribution in [2.24, 2.45) is 5.73 Å². The maximum absolute atomic E-state index is 12.9. The molecular weight excluding hydrogens is 339 g/mol. The molecule has 0 unspecified atom stereocenters. The molecular formula is C15H18ClFN4O3. The summed E-state index contributed by atoms with van der Waals surface area (Å²) in [6.07, 6.45) is 1.96. The lowest BCUT2D eigenvalue weighted by molar-refractivity contribution is -0.125. The van der Waals surface area contributed by atoms with Crippen molar-refractivity contribution in [3.05, 3.63) is 42.0 Å². The van der Waals surface area contributed by atoms with Crippen LogP contribution in [0.4, 0.5) is 4.39 Å². The van der Waals surface area contributed by atoms with E-state index in [0.29, 0.717) is 30.1 Å².